The van der Waals surface area contributed by atoms with Gasteiger partial charge in [0, 0.05) is 63.3 Å². The van der Waals surface area contributed by atoms with Gasteiger partial charge in [0.1, 0.15) is 6.04 Å². The highest BCUT2D eigenvalue weighted by molar-refractivity contribution is 6.13. The first kappa shape index (κ1) is 39.4. The standard InChI is InChI=1S/C26H38N6O7.C2HF3O2/c27-14-4-1-2-5-16-29-26(39)19(30-21(34)13-18-32-24(37)10-11-25(32)38)7-3-6-15-28-20(33)12-17-31-22(35)8-9-23(31)36;3-2(4,5)1(6)7/h8-11,19H,1-7,12-18,27H2,(H,28,33)(H,29,39)(H,30,34);(H,6,7). The fraction of sp³-hybridized carbons (Fsp3) is 0.571. The van der Waals surface area contributed by atoms with Gasteiger partial charge in [0.2, 0.25) is 17.7 Å². The first-order valence-electron chi connectivity index (χ1n) is 14.6. The summed E-state index contributed by atoms with van der Waals surface area (Å²) in [4.78, 5) is 94.6. The van der Waals surface area contributed by atoms with Crippen LogP contribution in [-0.2, 0) is 38.4 Å². The lowest BCUT2D eigenvalue weighted by Gasteiger charge is -2.20. The number of hydrogen-bond acceptors (Lipinski definition) is 9. The molecule has 2 heterocycles. The van der Waals surface area contributed by atoms with Gasteiger partial charge in [-0.15, -0.1) is 0 Å². The number of halogens is 3. The minimum atomic E-state index is -5.08. The quantitative estimate of drug-likeness (QED) is 0.0895. The van der Waals surface area contributed by atoms with Crippen LogP contribution in [0, 0.1) is 0 Å². The second-order valence-electron chi connectivity index (χ2n) is 10.1. The second kappa shape index (κ2) is 20.4. The summed E-state index contributed by atoms with van der Waals surface area (Å²) < 4.78 is 31.7. The molecule has 0 fully saturated rings. The van der Waals surface area contributed by atoms with Gasteiger partial charge >= 0.3 is 12.1 Å². The van der Waals surface area contributed by atoms with Gasteiger partial charge in [-0.05, 0) is 38.6 Å². The number of carboxylic acids is 1. The van der Waals surface area contributed by atoms with E-state index in [-0.39, 0.29) is 37.7 Å². The number of carboxylic acid groups (broad SMARTS) is 1. The summed E-state index contributed by atoms with van der Waals surface area (Å²) in [5, 5.41) is 15.4. The monoisotopic (exact) mass is 660 g/mol. The fourth-order valence-corrected chi connectivity index (χ4v) is 4.01. The van der Waals surface area contributed by atoms with Crippen molar-refractivity contribution in [3.63, 3.8) is 0 Å². The third kappa shape index (κ3) is 15.4. The molecule has 1 unspecified atom stereocenters. The van der Waals surface area contributed by atoms with Crippen molar-refractivity contribution in [3.8, 4) is 0 Å². The summed E-state index contributed by atoms with van der Waals surface area (Å²) in [5.41, 5.74) is 5.49. The first-order valence-corrected chi connectivity index (χ1v) is 14.6. The lowest BCUT2D eigenvalue weighted by molar-refractivity contribution is -0.192. The van der Waals surface area contributed by atoms with Crippen LogP contribution in [-0.4, -0.2) is 107 Å². The van der Waals surface area contributed by atoms with E-state index in [0.29, 0.717) is 38.9 Å². The molecule has 2 aliphatic heterocycles. The van der Waals surface area contributed by atoms with Crippen LogP contribution in [0.4, 0.5) is 13.2 Å². The number of nitrogens with two attached hydrogens (primary N) is 1. The molecule has 0 radical (unpaired) electrons. The molecule has 0 saturated heterocycles. The maximum absolute atomic E-state index is 12.8. The number of alkyl halides is 3. The molecule has 1 atom stereocenters. The van der Waals surface area contributed by atoms with Gasteiger partial charge in [-0.25, -0.2) is 4.79 Å². The number of rotatable bonds is 19. The maximum atomic E-state index is 12.8. The van der Waals surface area contributed by atoms with Crippen LogP contribution in [0.5, 0.6) is 0 Å². The van der Waals surface area contributed by atoms with E-state index in [2.05, 4.69) is 16.0 Å². The van der Waals surface area contributed by atoms with Crippen molar-refractivity contribution in [1.82, 2.24) is 25.8 Å². The Hall–Kier alpha value is -4.61. The van der Waals surface area contributed by atoms with E-state index in [9.17, 15) is 46.7 Å². The molecule has 0 aromatic rings. The zero-order chi connectivity index (χ0) is 34.7. The summed E-state index contributed by atoms with van der Waals surface area (Å²) in [7, 11) is 0. The van der Waals surface area contributed by atoms with Crippen LogP contribution in [0.1, 0.15) is 57.8 Å². The van der Waals surface area contributed by atoms with Gasteiger partial charge < -0.3 is 26.8 Å². The van der Waals surface area contributed by atoms with Gasteiger partial charge in [0.25, 0.3) is 23.6 Å². The lowest BCUT2D eigenvalue weighted by atomic mass is 10.1. The van der Waals surface area contributed by atoms with Crippen molar-refractivity contribution in [2.24, 2.45) is 5.73 Å². The molecule has 0 aromatic carbocycles. The smallest absolute Gasteiger partial charge is 0.475 e. The van der Waals surface area contributed by atoms with Gasteiger partial charge in [0.05, 0.1) is 0 Å². The Morgan fingerprint density at radius 1 is 0.717 bits per heavy atom. The van der Waals surface area contributed by atoms with Crippen molar-refractivity contribution in [3.05, 3.63) is 24.3 Å². The van der Waals surface area contributed by atoms with Crippen LogP contribution >= 0.6 is 0 Å². The zero-order valence-corrected chi connectivity index (χ0v) is 25.1. The highest BCUT2D eigenvalue weighted by atomic mass is 19.4. The molecule has 0 bridgehead atoms. The minimum Gasteiger partial charge on any atom is -0.475 e. The van der Waals surface area contributed by atoms with E-state index in [4.69, 9.17) is 15.6 Å². The largest absolute Gasteiger partial charge is 0.490 e. The normalized spacial score (nSPS) is 14.7. The second-order valence-corrected chi connectivity index (χ2v) is 10.1. The molecule has 0 saturated carbocycles. The number of carbonyl (C=O) groups excluding carboxylic acids is 7. The Morgan fingerprint density at radius 2 is 1.15 bits per heavy atom. The highest BCUT2D eigenvalue weighted by Crippen LogP contribution is 2.13. The molecule has 7 amide bonds. The molecule has 0 aliphatic carbocycles. The molecule has 0 aromatic heterocycles. The number of carbonyl (C=O) groups is 8. The third-order valence-corrected chi connectivity index (χ3v) is 6.49. The van der Waals surface area contributed by atoms with E-state index < -0.39 is 47.7 Å². The van der Waals surface area contributed by atoms with Gasteiger partial charge in [-0.1, -0.05) is 12.8 Å². The Kier molecular flexibility index (Phi) is 17.5. The van der Waals surface area contributed by atoms with E-state index in [0.717, 1.165) is 59.8 Å². The number of amides is 7. The lowest BCUT2D eigenvalue weighted by Crippen LogP contribution is -2.47. The Bertz CT molecular complexity index is 1150. The van der Waals surface area contributed by atoms with E-state index >= 15 is 0 Å². The predicted molar refractivity (Wildman–Crippen MR) is 154 cm³/mol. The van der Waals surface area contributed by atoms with Crippen molar-refractivity contribution in [2.45, 2.75) is 70.0 Å². The summed E-state index contributed by atoms with van der Waals surface area (Å²) >= 11 is 0. The molecule has 46 heavy (non-hydrogen) atoms. The third-order valence-electron chi connectivity index (χ3n) is 6.49. The van der Waals surface area contributed by atoms with Crippen molar-refractivity contribution >= 4 is 47.3 Å². The van der Waals surface area contributed by atoms with Crippen LogP contribution in [0.15, 0.2) is 24.3 Å². The van der Waals surface area contributed by atoms with Crippen LogP contribution in [0.25, 0.3) is 0 Å². The molecular weight excluding hydrogens is 621 g/mol. The van der Waals surface area contributed by atoms with Crippen LogP contribution < -0.4 is 21.7 Å². The average Bonchev–Trinajstić information content (AvgIpc) is 3.49. The van der Waals surface area contributed by atoms with Crippen LogP contribution in [0.3, 0.4) is 0 Å². The molecule has 18 heteroatoms. The van der Waals surface area contributed by atoms with E-state index in [1.54, 1.807) is 0 Å². The number of hydrogen-bond donors (Lipinski definition) is 5. The summed E-state index contributed by atoms with van der Waals surface area (Å²) in [5.74, 6) is -5.68. The topological polar surface area (TPSA) is 225 Å². The summed E-state index contributed by atoms with van der Waals surface area (Å²) in [6.07, 6.45) is 4.39. The number of nitrogens with one attached hydrogen (secondary N) is 3. The number of nitrogens with zero attached hydrogens (tertiary/aromatic N) is 2. The predicted octanol–water partition coefficient (Wildman–Crippen LogP) is -0.343. The van der Waals surface area contributed by atoms with Crippen molar-refractivity contribution < 1.29 is 56.6 Å². The maximum Gasteiger partial charge on any atom is 0.490 e. The molecule has 15 nitrogen and oxygen atoms in total. The molecule has 2 aliphatic rings. The summed E-state index contributed by atoms with van der Waals surface area (Å²) in [6, 6.07) is -0.806. The Balaban J connectivity index is 0.00000135. The Morgan fingerprint density at radius 3 is 1.63 bits per heavy atom. The number of aliphatic carboxylic acids is 1. The van der Waals surface area contributed by atoms with Crippen LogP contribution in [0.2, 0.25) is 0 Å². The summed E-state index contributed by atoms with van der Waals surface area (Å²) in [6.45, 7) is 1.34. The zero-order valence-electron chi connectivity index (χ0n) is 25.1. The molecule has 0 spiro atoms. The Labute approximate surface area is 262 Å². The van der Waals surface area contributed by atoms with Crippen molar-refractivity contribution in [2.75, 3.05) is 32.7 Å². The number of imide groups is 2. The molecule has 6 N–H and O–H groups in total. The average molecular weight is 661 g/mol. The fourth-order valence-electron chi connectivity index (χ4n) is 4.01. The van der Waals surface area contributed by atoms with Gasteiger partial charge in [-0.3, -0.25) is 43.4 Å². The highest BCUT2D eigenvalue weighted by Gasteiger charge is 2.38. The SMILES string of the molecule is NCCCCCCNC(=O)C(CCCCNC(=O)CCN1C(=O)C=CC1=O)NC(=O)CCN1C(=O)C=CC1=O.O=C(O)C(F)(F)F. The molecular formula is C28H39F3N6O9. The molecule has 2 rings (SSSR count). The van der Waals surface area contributed by atoms with E-state index in [1.807, 2.05) is 0 Å². The van der Waals surface area contributed by atoms with E-state index in [1.165, 1.54) is 0 Å². The molecule has 256 valence electrons. The van der Waals surface area contributed by atoms with Gasteiger partial charge in [0.15, 0.2) is 0 Å². The number of unbranched alkanes of at least 4 members (excludes halogenated alkanes) is 4. The van der Waals surface area contributed by atoms with Crippen molar-refractivity contribution in [1.29, 1.82) is 0 Å². The minimum absolute atomic E-state index is 0.00167. The first-order chi connectivity index (χ1) is 21.7. The van der Waals surface area contributed by atoms with Gasteiger partial charge in [-0.2, -0.15) is 13.2 Å².